The highest BCUT2D eigenvalue weighted by Gasteiger charge is 2.30. The van der Waals surface area contributed by atoms with E-state index >= 15 is 0 Å². The molecule has 2 amide bonds. The molecule has 6 nitrogen and oxygen atoms in total. The number of nitrogens with zero attached hydrogens (tertiary/aromatic N) is 2. The minimum Gasteiger partial charge on any atom is -0.443 e. The Morgan fingerprint density at radius 1 is 1.08 bits per heavy atom. The molecule has 1 aliphatic rings. The summed E-state index contributed by atoms with van der Waals surface area (Å²) in [5, 5.41) is 0. The number of carbonyl (C=O) groups is 2. The van der Waals surface area contributed by atoms with Crippen LogP contribution in [0.25, 0.3) is 0 Å². The van der Waals surface area contributed by atoms with Gasteiger partial charge >= 0.3 is 6.09 Å². The molecule has 0 radical (unpaired) electrons. The third-order valence-corrected chi connectivity index (χ3v) is 3.57. The van der Waals surface area contributed by atoms with E-state index in [0.29, 0.717) is 37.5 Å². The Kier molecular flexibility index (Phi) is 5.83. The molecule has 0 atom stereocenters. The van der Waals surface area contributed by atoms with Gasteiger partial charge in [0.2, 0.25) is 0 Å². The van der Waals surface area contributed by atoms with Crippen LogP contribution >= 0.6 is 0 Å². The summed E-state index contributed by atoms with van der Waals surface area (Å²) < 4.78 is 10.8. The van der Waals surface area contributed by atoms with Crippen LogP contribution in [-0.2, 0) is 14.3 Å². The van der Waals surface area contributed by atoms with Crippen molar-refractivity contribution in [2.24, 2.45) is 0 Å². The second-order valence-electron chi connectivity index (χ2n) is 6.66. The number of carbonyl (C=O) groups excluding carboxylic acids is 2. The smallest absolute Gasteiger partial charge is 0.414 e. The van der Waals surface area contributed by atoms with Gasteiger partial charge in [0.25, 0.3) is 5.91 Å². The Morgan fingerprint density at radius 2 is 1.67 bits per heavy atom. The molecule has 1 heterocycles. The molecule has 24 heavy (non-hydrogen) atoms. The van der Waals surface area contributed by atoms with Crippen molar-refractivity contribution in [3.63, 3.8) is 0 Å². The number of amides is 2. The topological polar surface area (TPSA) is 59.1 Å². The summed E-state index contributed by atoms with van der Waals surface area (Å²) in [6.45, 7) is 8.95. The Hall–Kier alpha value is -2.08. The second kappa shape index (κ2) is 7.66. The van der Waals surface area contributed by atoms with Crippen molar-refractivity contribution < 1.29 is 19.1 Å². The maximum absolute atomic E-state index is 12.6. The normalized spacial score (nSPS) is 14.8. The Morgan fingerprint density at radius 3 is 2.25 bits per heavy atom. The predicted octanol–water partition coefficient (Wildman–Crippen LogP) is 3.20. The fourth-order valence-corrected chi connectivity index (χ4v) is 2.58. The van der Waals surface area contributed by atoms with Gasteiger partial charge in [-0.25, -0.2) is 4.79 Å². The molecule has 0 unspecified atom stereocenters. The largest absolute Gasteiger partial charge is 0.443 e. The Bertz CT molecular complexity index is 595. The summed E-state index contributed by atoms with van der Waals surface area (Å²) in [6, 6.07) is 7.40. The van der Waals surface area contributed by atoms with Crippen molar-refractivity contribution in [2.75, 3.05) is 36.1 Å². The van der Waals surface area contributed by atoms with E-state index in [-0.39, 0.29) is 12.5 Å². The molecule has 0 fully saturated rings. The van der Waals surface area contributed by atoms with Crippen LogP contribution in [0.4, 0.5) is 16.2 Å². The van der Waals surface area contributed by atoms with Crippen molar-refractivity contribution in [3.05, 3.63) is 24.3 Å². The lowest BCUT2D eigenvalue weighted by atomic mass is 10.2. The summed E-state index contributed by atoms with van der Waals surface area (Å²) in [6.07, 6.45) is 0.278. The first kappa shape index (κ1) is 18.3. The van der Waals surface area contributed by atoms with Gasteiger partial charge in [0.05, 0.1) is 11.4 Å². The number of anilines is 2. The van der Waals surface area contributed by atoms with Gasteiger partial charge in [-0.2, -0.15) is 0 Å². The molecule has 132 valence electrons. The molecule has 0 aromatic heterocycles. The second-order valence-corrected chi connectivity index (χ2v) is 6.66. The maximum atomic E-state index is 12.6. The van der Waals surface area contributed by atoms with Crippen LogP contribution in [0.3, 0.4) is 0 Å². The molecular formula is C18H26N2O4. The van der Waals surface area contributed by atoms with Crippen molar-refractivity contribution in [3.8, 4) is 0 Å². The summed E-state index contributed by atoms with van der Waals surface area (Å²) in [4.78, 5) is 28.3. The number of ether oxygens (including phenoxy) is 2. The molecule has 0 spiro atoms. The lowest BCUT2D eigenvalue weighted by Crippen LogP contribution is -2.37. The van der Waals surface area contributed by atoms with Gasteiger partial charge < -0.3 is 14.4 Å². The first-order valence-corrected chi connectivity index (χ1v) is 8.31. The minimum absolute atomic E-state index is 0.0390. The summed E-state index contributed by atoms with van der Waals surface area (Å²) >= 11 is 0. The van der Waals surface area contributed by atoms with Crippen LogP contribution in [0.15, 0.2) is 24.3 Å². The minimum atomic E-state index is -0.567. The van der Waals surface area contributed by atoms with E-state index in [1.54, 1.807) is 9.80 Å². The van der Waals surface area contributed by atoms with E-state index in [9.17, 15) is 9.59 Å². The van der Waals surface area contributed by atoms with Gasteiger partial charge in [-0.1, -0.05) is 12.1 Å². The number of rotatable bonds is 3. The van der Waals surface area contributed by atoms with E-state index < -0.39 is 11.7 Å². The first-order valence-electron chi connectivity index (χ1n) is 8.31. The standard InChI is InChI=1S/C18H26N2O4/c1-5-23-13-16(21)19-11-8-12-20(17(22)24-18(2,3)4)15-10-7-6-9-14(15)19/h6-7,9-10H,5,8,11-13H2,1-4H3. The van der Waals surface area contributed by atoms with Crippen molar-refractivity contribution in [1.29, 1.82) is 0 Å². The third-order valence-electron chi connectivity index (χ3n) is 3.57. The van der Waals surface area contributed by atoms with Gasteiger partial charge in [-0.05, 0) is 46.2 Å². The monoisotopic (exact) mass is 334 g/mol. The molecule has 0 N–H and O–H groups in total. The maximum Gasteiger partial charge on any atom is 0.414 e. The zero-order valence-corrected chi connectivity index (χ0v) is 14.9. The average molecular weight is 334 g/mol. The zero-order valence-electron chi connectivity index (χ0n) is 14.9. The Labute approximate surface area is 143 Å². The molecule has 1 aliphatic heterocycles. The summed E-state index contributed by atoms with van der Waals surface area (Å²) in [7, 11) is 0. The Balaban J connectivity index is 2.30. The van der Waals surface area contributed by atoms with E-state index in [4.69, 9.17) is 9.47 Å². The summed E-state index contributed by atoms with van der Waals surface area (Å²) in [5.74, 6) is -0.102. The fraction of sp³-hybridized carbons (Fsp3) is 0.556. The van der Waals surface area contributed by atoms with Gasteiger partial charge in [0.15, 0.2) is 0 Å². The van der Waals surface area contributed by atoms with Crippen LogP contribution in [0.1, 0.15) is 34.1 Å². The molecular weight excluding hydrogens is 308 g/mol. The van der Waals surface area contributed by atoms with Crippen molar-refractivity contribution in [1.82, 2.24) is 0 Å². The lowest BCUT2D eigenvalue weighted by Gasteiger charge is -2.28. The molecule has 2 rings (SSSR count). The van der Waals surface area contributed by atoms with E-state index in [2.05, 4.69) is 0 Å². The van der Waals surface area contributed by atoms with Gasteiger partial charge in [-0.15, -0.1) is 0 Å². The zero-order chi connectivity index (χ0) is 17.7. The van der Waals surface area contributed by atoms with Crippen molar-refractivity contribution in [2.45, 2.75) is 39.7 Å². The van der Waals surface area contributed by atoms with Crippen LogP contribution in [0, 0.1) is 0 Å². The molecule has 1 aromatic carbocycles. The molecule has 0 aliphatic carbocycles. The van der Waals surface area contributed by atoms with E-state index in [1.165, 1.54) is 0 Å². The van der Waals surface area contributed by atoms with Crippen LogP contribution in [-0.4, -0.2) is 43.9 Å². The molecule has 0 saturated heterocycles. The molecule has 1 aromatic rings. The number of para-hydroxylation sites is 2. The lowest BCUT2D eigenvalue weighted by molar-refractivity contribution is -0.122. The average Bonchev–Trinajstić information content (AvgIpc) is 2.70. The van der Waals surface area contributed by atoms with Crippen LogP contribution < -0.4 is 9.80 Å². The molecule has 0 saturated carbocycles. The van der Waals surface area contributed by atoms with Gasteiger partial charge in [-0.3, -0.25) is 9.69 Å². The van der Waals surface area contributed by atoms with E-state index in [0.717, 1.165) is 0 Å². The molecule has 0 bridgehead atoms. The first-order chi connectivity index (χ1) is 11.3. The highest BCUT2D eigenvalue weighted by molar-refractivity contribution is 6.01. The van der Waals surface area contributed by atoms with Gasteiger partial charge in [0.1, 0.15) is 12.2 Å². The number of hydrogen-bond donors (Lipinski definition) is 0. The quantitative estimate of drug-likeness (QED) is 0.852. The SMILES string of the molecule is CCOCC(=O)N1CCCN(C(=O)OC(C)(C)C)c2ccccc21. The van der Waals surface area contributed by atoms with Crippen molar-refractivity contribution >= 4 is 23.4 Å². The fourth-order valence-electron chi connectivity index (χ4n) is 2.58. The van der Waals surface area contributed by atoms with E-state index in [1.807, 2.05) is 52.0 Å². The third kappa shape index (κ3) is 4.47. The van der Waals surface area contributed by atoms with Crippen LogP contribution in [0.2, 0.25) is 0 Å². The summed E-state index contributed by atoms with van der Waals surface area (Å²) in [5.41, 5.74) is 0.836. The predicted molar refractivity (Wildman–Crippen MR) is 93.5 cm³/mol. The van der Waals surface area contributed by atoms with Gasteiger partial charge in [0, 0.05) is 19.7 Å². The number of fused-ring (bicyclic) bond motifs is 1. The number of benzene rings is 1. The van der Waals surface area contributed by atoms with Crippen LogP contribution in [0.5, 0.6) is 0 Å². The highest BCUT2D eigenvalue weighted by Crippen LogP contribution is 2.33. The molecule has 6 heteroatoms. The number of hydrogen-bond acceptors (Lipinski definition) is 4. The highest BCUT2D eigenvalue weighted by atomic mass is 16.6.